The van der Waals surface area contributed by atoms with E-state index in [1.54, 1.807) is 11.8 Å². The van der Waals surface area contributed by atoms with Crippen molar-refractivity contribution in [2.45, 2.75) is 11.3 Å². The number of nitrogens with zero attached hydrogens (tertiary/aromatic N) is 1. The Labute approximate surface area is 110 Å². The monoisotopic (exact) mass is 264 g/mol. The summed E-state index contributed by atoms with van der Waals surface area (Å²) in [7, 11) is 0. The van der Waals surface area contributed by atoms with Crippen LogP contribution >= 0.6 is 23.4 Å². The van der Waals surface area contributed by atoms with Crippen LogP contribution in [0.1, 0.15) is 5.56 Å². The summed E-state index contributed by atoms with van der Waals surface area (Å²) in [5, 5.41) is 0.727. The Bertz CT molecular complexity index is 488. The van der Waals surface area contributed by atoms with E-state index in [9.17, 15) is 0 Å². The molecule has 0 atom stereocenters. The van der Waals surface area contributed by atoms with Crippen LogP contribution in [0, 0.1) is 0 Å². The van der Waals surface area contributed by atoms with E-state index in [4.69, 9.17) is 17.3 Å². The first-order valence-corrected chi connectivity index (χ1v) is 6.69. The summed E-state index contributed by atoms with van der Waals surface area (Å²) in [6.45, 7) is 0. The first kappa shape index (κ1) is 12.3. The Morgan fingerprint density at radius 1 is 1.18 bits per heavy atom. The molecule has 0 saturated heterocycles. The van der Waals surface area contributed by atoms with E-state index in [-0.39, 0.29) is 0 Å². The fraction of sp³-hybridized carbons (Fsp3) is 0.154. The molecule has 0 aliphatic rings. The second-order valence-corrected chi connectivity index (χ2v) is 5.21. The number of aromatic nitrogens is 1. The molecule has 0 bridgehead atoms. The average molecular weight is 265 g/mol. The van der Waals surface area contributed by atoms with Gasteiger partial charge in [-0.3, -0.25) is 4.98 Å². The second kappa shape index (κ2) is 5.94. The molecule has 0 fully saturated rings. The maximum absolute atomic E-state index is 5.94. The Morgan fingerprint density at radius 3 is 2.71 bits per heavy atom. The molecule has 0 radical (unpaired) electrons. The number of nitrogen functional groups attached to an aromatic ring is 1. The van der Waals surface area contributed by atoms with Crippen molar-refractivity contribution in [3.05, 3.63) is 53.3 Å². The number of thioether (sulfide) groups is 1. The van der Waals surface area contributed by atoms with Crippen LogP contribution < -0.4 is 5.73 Å². The lowest BCUT2D eigenvalue weighted by Crippen LogP contribution is -1.92. The van der Waals surface area contributed by atoms with Crippen LogP contribution in [0.4, 0.5) is 5.69 Å². The van der Waals surface area contributed by atoms with Gasteiger partial charge in [0, 0.05) is 33.8 Å². The summed E-state index contributed by atoms with van der Waals surface area (Å²) >= 11 is 7.66. The van der Waals surface area contributed by atoms with Gasteiger partial charge < -0.3 is 5.73 Å². The number of halogens is 1. The number of rotatable bonds is 4. The van der Waals surface area contributed by atoms with Crippen molar-refractivity contribution < 1.29 is 0 Å². The fourth-order valence-corrected chi connectivity index (χ4v) is 2.70. The summed E-state index contributed by atoms with van der Waals surface area (Å²) in [4.78, 5) is 5.04. The van der Waals surface area contributed by atoms with Crippen LogP contribution in [0.3, 0.4) is 0 Å². The van der Waals surface area contributed by atoms with Crippen LogP contribution in [-0.2, 0) is 6.42 Å². The van der Waals surface area contributed by atoms with E-state index < -0.39 is 0 Å². The molecular formula is C13H13ClN2S. The van der Waals surface area contributed by atoms with Crippen molar-refractivity contribution in [2.75, 3.05) is 11.5 Å². The highest BCUT2D eigenvalue weighted by Gasteiger charge is 2.01. The minimum Gasteiger partial charge on any atom is -0.398 e. The van der Waals surface area contributed by atoms with Crippen molar-refractivity contribution in [2.24, 2.45) is 0 Å². The Morgan fingerprint density at radius 2 is 1.94 bits per heavy atom. The SMILES string of the molecule is Nc1ccc(Cl)cc1SCCc1ccncc1. The smallest absolute Gasteiger partial charge is 0.0453 e. The standard InChI is InChI=1S/C13H13ClN2S/c14-11-1-2-12(15)13(9-11)17-8-5-10-3-6-16-7-4-10/h1-4,6-7,9H,5,8,15H2. The predicted octanol–water partition coefficient (Wildman–Crippen LogP) is 3.65. The van der Waals surface area contributed by atoms with Gasteiger partial charge in [0.15, 0.2) is 0 Å². The summed E-state index contributed by atoms with van der Waals surface area (Å²) in [6, 6.07) is 9.62. The molecule has 0 unspecified atom stereocenters. The maximum Gasteiger partial charge on any atom is 0.0453 e. The maximum atomic E-state index is 5.94. The second-order valence-electron chi connectivity index (χ2n) is 3.64. The van der Waals surface area contributed by atoms with Crippen LogP contribution in [0.2, 0.25) is 5.02 Å². The van der Waals surface area contributed by atoms with E-state index in [1.807, 2.05) is 42.7 Å². The zero-order valence-corrected chi connectivity index (χ0v) is 10.8. The Hall–Kier alpha value is -1.19. The first-order chi connectivity index (χ1) is 8.25. The zero-order valence-electron chi connectivity index (χ0n) is 9.27. The highest BCUT2D eigenvalue weighted by atomic mass is 35.5. The molecule has 17 heavy (non-hydrogen) atoms. The normalized spacial score (nSPS) is 10.4. The molecule has 0 amide bonds. The van der Waals surface area contributed by atoms with Gasteiger partial charge in [0.2, 0.25) is 0 Å². The van der Waals surface area contributed by atoms with Crippen LogP contribution in [-0.4, -0.2) is 10.7 Å². The largest absolute Gasteiger partial charge is 0.398 e. The molecule has 2 aromatic rings. The molecule has 2 N–H and O–H groups in total. The molecule has 1 heterocycles. The van der Waals surface area contributed by atoms with Gasteiger partial charge in [0.25, 0.3) is 0 Å². The van der Waals surface area contributed by atoms with Gasteiger partial charge in [0.05, 0.1) is 0 Å². The lowest BCUT2D eigenvalue weighted by molar-refractivity contribution is 1.13. The molecule has 2 rings (SSSR count). The molecule has 88 valence electrons. The molecule has 1 aromatic heterocycles. The molecule has 2 nitrogen and oxygen atoms in total. The lowest BCUT2D eigenvalue weighted by Gasteiger charge is -2.05. The molecule has 0 saturated carbocycles. The van der Waals surface area contributed by atoms with Gasteiger partial charge in [-0.2, -0.15) is 0 Å². The minimum absolute atomic E-state index is 0.727. The average Bonchev–Trinajstić information content (AvgIpc) is 2.35. The minimum atomic E-state index is 0.727. The van der Waals surface area contributed by atoms with E-state index in [0.717, 1.165) is 27.8 Å². The highest BCUT2D eigenvalue weighted by Crippen LogP contribution is 2.28. The molecule has 0 aliphatic heterocycles. The molecule has 1 aromatic carbocycles. The van der Waals surface area contributed by atoms with Crippen molar-refractivity contribution in [1.29, 1.82) is 0 Å². The van der Waals surface area contributed by atoms with Gasteiger partial charge in [-0.1, -0.05) is 11.6 Å². The lowest BCUT2D eigenvalue weighted by atomic mass is 10.2. The molecular weight excluding hydrogens is 252 g/mol. The number of pyridine rings is 1. The number of hydrogen-bond acceptors (Lipinski definition) is 3. The van der Waals surface area contributed by atoms with Gasteiger partial charge in [-0.25, -0.2) is 0 Å². The van der Waals surface area contributed by atoms with Crippen molar-refractivity contribution in [3.63, 3.8) is 0 Å². The number of hydrogen-bond donors (Lipinski definition) is 1. The third kappa shape index (κ3) is 3.65. The highest BCUT2D eigenvalue weighted by molar-refractivity contribution is 7.99. The topological polar surface area (TPSA) is 38.9 Å². The molecule has 4 heteroatoms. The summed E-state index contributed by atoms with van der Waals surface area (Å²) in [5.74, 6) is 0.981. The third-order valence-corrected chi connectivity index (χ3v) is 3.68. The summed E-state index contributed by atoms with van der Waals surface area (Å²) in [6.07, 6.45) is 4.63. The van der Waals surface area contributed by atoms with E-state index in [0.29, 0.717) is 0 Å². The number of anilines is 1. The fourth-order valence-electron chi connectivity index (χ4n) is 1.46. The van der Waals surface area contributed by atoms with E-state index in [1.165, 1.54) is 5.56 Å². The predicted molar refractivity (Wildman–Crippen MR) is 74.5 cm³/mol. The van der Waals surface area contributed by atoms with Gasteiger partial charge >= 0.3 is 0 Å². The quantitative estimate of drug-likeness (QED) is 0.677. The van der Waals surface area contributed by atoms with E-state index >= 15 is 0 Å². The van der Waals surface area contributed by atoms with Crippen molar-refractivity contribution >= 4 is 29.1 Å². The van der Waals surface area contributed by atoms with Gasteiger partial charge in [-0.05, 0) is 42.3 Å². The Balaban J connectivity index is 1.92. The Kier molecular flexibility index (Phi) is 4.29. The van der Waals surface area contributed by atoms with Crippen molar-refractivity contribution in [1.82, 2.24) is 4.98 Å². The molecule has 0 aliphatic carbocycles. The number of nitrogens with two attached hydrogens (primary N) is 1. The van der Waals surface area contributed by atoms with Crippen LogP contribution in [0.5, 0.6) is 0 Å². The van der Waals surface area contributed by atoms with Gasteiger partial charge in [0.1, 0.15) is 0 Å². The van der Waals surface area contributed by atoms with Crippen LogP contribution in [0.15, 0.2) is 47.6 Å². The third-order valence-electron chi connectivity index (χ3n) is 2.37. The zero-order chi connectivity index (χ0) is 12.1. The van der Waals surface area contributed by atoms with E-state index in [2.05, 4.69) is 4.98 Å². The van der Waals surface area contributed by atoms with Gasteiger partial charge in [-0.15, -0.1) is 11.8 Å². The molecule has 0 spiro atoms. The summed E-state index contributed by atoms with van der Waals surface area (Å²) in [5.41, 5.74) is 7.95. The van der Waals surface area contributed by atoms with Crippen LogP contribution in [0.25, 0.3) is 0 Å². The first-order valence-electron chi connectivity index (χ1n) is 5.32. The summed E-state index contributed by atoms with van der Waals surface area (Å²) < 4.78 is 0. The number of benzene rings is 1. The number of aryl methyl sites for hydroxylation is 1. The van der Waals surface area contributed by atoms with Crippen molar-refractivity contribution in [3.8, 4) is 0 Å².